The second-order valence-electron chi connectivity index (χ2n) is 5.59. The highest BCUT2D eigenvalue weighted by molar-refractivity contribution is 9.10. The molecule has 7 nitrogen and oxygen atoms in total. The molecule has 0 radical (unpaired) electrons. The Balaban J connectivity index is 1.83. The molecule has 2 aliphatic heterocycles. The van der Waals surface area contributed by atoms with Crippen molar-refractivity contribution in [2.75, 3.05) is 25.6 Å². The molecule has 0 aromatic heterocycles. The van der Waals surface area contributed by atoms with Crippen LogP contribution in [0, 0.1) is 0 Å². The van der Waals surface area contributed by atoms with E-state index in [4.69, 9.17) is 4.74 Å². The average molecular weight is 382 g/mol. The minimum atomic E-state index is -0.582. The number of rotatable bonds is 3. The second-order valence-corrected chi connectivity index (χ2v) is 6.50. The average Bonchev–Trinajstić information content (AvgIpc) is 2.88. The Bertz CT molecular complexity index is 679. The van der Waals surface area contributed by atoms with Gasteiger partial charge in [-0.15, -0.1) is 0 Å². The van der Waals surface area contributed by atoms with E-state index in [1.165, 1.54) is 12.0 Å². The molecule has 0 saturated carbocycles. The van der Waals surface area contributed by atoms with Gasteiger partial charge < -0.3 is 20.3 Å². The van der Waals surface area contributed by atoms with Crippen LogP contribution in [0.25, 0.3) is 0 Å². The number of benzene rings is 1. The summed E-state index contributed by atoms with van der Waals surface area (Å²) in [6.45, 7) is 0.259. The van der Waals surface area contributed by atoms with Gasteiger partial charge in [0.2, 0.25) is 11.8 Å². The van der Waals surface area contributed by atoms with Crippen LogP contribution in [0.1, 0.15) is 16.8 Å². The third kappa shape index (κ3) is 3.09. The van der Waals surface area contributed by atoms with Gasteiger partial charge in [-0.3, -0.25) is 14.4 Å². The maximum absolute atomic E-state index is 12.7. The molecule has 2 unspecified atom stereocenters. The molecule has 2 aliphatic rings. The molecule has 2 heterocycles. The summed E-state index contributed by atoms with van der Waals surface area (Å²) in [7, 11) is 1.44. The molecule has 1 saturated heterocycles. The van der Waals surface area contributed by atoms with Crippen LogP contribution >= 0.6 is 15.9 Å². The molecule has 23 heavy (non-hydrogen) atoms. The zero-order valence-electron chi connectivity index (χ0n) is 12.5. The SMILES string of the molecule is COCC(=O)NC1CC2C(=O)Nc3ccc(Br)cc3C(=O)N2C1. The standard InChI is InChI=1S/C15H16BrN3O4/c1-23-7-13(20)17-9-5-12-14(21)18-11-3-2-8(16)4-10(11)15(22)19(12)6-9/h2-4,9,12H,5-7H2,1H3,(H,17,20)(H,18,21). The van der Waals surface area contributed by atoms with Crippen LogP contribution in [0.3, 0.4) is 0 Å². The zero-order valence-corrected chi connectivity index (χ0v) is 14.1. The molecule has 0 spiro atoms. The van der Waals surface area contributed by atoms with Gasteiger partial charge in [0.1, 0.15) is 12.6 Å². The normalized spacial score (nSPS) is 23.0. The first-order chi connectivity index (χ1) is 11.0. The van der Waals surface area contributed by atoms with Gasteiger partial charge in [0, 0.05) is 24.2 Å². The number of carbonyl (C=O) groups excluding carboxylic acids is 3. The van der Waals surface area contributed by atoms with Crippen LogP contribution in [0.5, 0.6) is 0 Å². The molecule has 3 amide bonds. The molecule has 8 heteroatoms. The van der Waals surface area contributed by atoms with Gasteiger partial charge in [-0.2, -0.15) is 0 Å². The van der Waals surface area contributed by atoms with Crippen LogP contribution in [0.2, 0.25) is 0 Å². The molecule has 122 valence electrons. The highest BCUT2D eigenvalue weighted by Gasteiger charge is 2.43. The van der Waals surface area contributed by atoms with E-state index in [9.17, 15) is 14.4 Å². The van der Waals surface area contributed by atoms with Crippen LogP contribution in [0.4, 0.5) is 5.69 Å². The number of hydrogen-bond acceptors (Lipinski definition) is 4. The van der Waals surface area contributed by atoms with Crippen molar-refractivity contribution in [1.29, 1.82) is 0 Å². The summed E-state index contributed by atoms with van der Waals surface area (Å²) in [5.74, 6) is -0.706. The Morgan fingerprint density at radius 1 is 1.48 bits per heavy atom. The molecule has 1 aromatic carbocycles. The number of halogens is 1. The van der Waals surface area contributed by atoms with E-state index in [0.717, 1.165) is 4.47 Å². The van der Waals surface area contributed by atoms with Crippen molar-refractivity contribution in [3.8, 4) is 0 Å². The second kappa shape index (κ2) is 6.29. The maximum atomic E-state index is 12.7. The van der Waals surface area contributed by atoms with Gasteiger partial charge in [-0.05, 0) is 24.6 Å². The van der Waals surface area contributed by atoms with Crippen LogP contribution < -0.4 is 10.6 Å². The molecule has 1 aromatic rings. The molecular weight excluding hydrogens is 366 g/mol. The summed E-state index contributed by atoms with van der Waals surface area (Å²) >= 11 is 3.34. The lowest BCUT2D eigenvalue weighted by molar-refractivity contribution is -0.125. The number of fused-ring (bicyclic) bond motifs is 2. The summed E-state index contributed by atoms with van der Waals surface area (Å²) in [6, 6.07) is 4.33. The van der Waals surface area contributed by atoms with E-state index in [0.29, 0.717) is 24.2 Å². The first-order valence-corrected chi connectivity index (χ1v) is 7.98. The number of nitrogens with one attached hydrogen (secondary N) is 2. The number of carbonyl (C=O) groups is 3. The molecule has 1 fully saturated rings. The molecular formula is C15H16BrN3O4. The summed E-state index contributed by atoms with van der Waals surface area (Å²) in [5.41, 5.74) is 0.955. The first kappa shape index (κ1) is 15.9. The topological polar surface area (TPSA) is 87.7 Å². The van der Waals surface area contributed by atoms with Gasteiger partial charge in [-0.25, -0.2) is 0 Å². The van der Waals surface area contributed by atoms with Crippen molar-refractivity contribution in [2.45, 2.75) is 18.5 Å². The molecule has 3 rings (SSSR count). The highest BCUT2D eigenvalue weighted by Crippen LogP contribution is 2.30. The van der Waals surface area contributed by atoms with Gasteiger partial charge >= 0.3 is 0 Å². The Kier molecular flexibility index (Phi) is 4.36. The van der Waals surface area contributed by atoms with Crippen molar-refractivity contribution < 1.29 is 19.1 Å². The Morgan fingerprint density at radius 2 is 2.26 bits per heavy atom. The van der Waals surface area contributed by atoms with Crippen LogP contribution in [0.15, 0.2) is 22.7 Å². The fraction of sp³-hybridized carbons (Fsp3) is 0.400. The van der Waals surface area contributed by atoms with E-state index in [1.54, 1.807) is 18.2 Å². The number of hydrogen-bond donors (Lipinski definition) is 2. The first-order valence-electron chi connectivity index (χ1n) is 7.19. The number of ether oxygens (including phenoxy) is 1. The predicted molar refractivity (Wildman–Crippen MR) is 86.0 cm³/mol. The molecule has 2 N–H and O–H groups in total. The lowest BCUT2D eigenvalue weighted by atomic mass is 10.1. The lowest BCUT2D eigenvalue weighted by Crippen LogP contribution is -2.41. The number of methoxy groups -OCH3 is 1. The Morgan fingerprint density at radius 3 is 3.00 bits per heavy atom. The molecule has 0 aliphatic carbocycles. The minimum absolute atomic E-state index is 0.0446. The van der Waals surface area contributed by atoms with Gasteiger partial charge in [-0.1, -0.05) is 15.9 Å². The van der Waals surface area contributed by atoms with Gasteiger partial charge in [0.25, 0.3) is 5.91 Å². The van der Waals surface area contributed by atoms with E-state index >= 15 is 0 Å². The number of amides is 3. The quantitative estimate of drug-likeness (QED) is 0.808. The maximum Gasteiger partial charge on any atom is 0.256 e. The van der Waals surface area contributed by atoms with Crippen molar-refractivity contribution in [3.63, 3.8) is 0 Å². The van der Waals surface area contributed by atoms with E-state index in [2.05, 4.69) is 26.6 Å². The van der Waals surface area contributed by atoms with Gasteiger partial charge in [0.05, 0.1) is 11.3 Å². The molecule has 0 bridgehead atoms. The van der Waals surface area contributed by atoms with Crippen molar-refractivity contribution >= 4 is 39.3 Å². The van der Waals surface area contributed by atoms with Crippen LogP contribution in [-0.4, -0.2) is 55.0 Å². The smallest absolute Gasteiger partial charge is 0.256 e. The largest absolute Gasteiger partial charge is 0.375 e. The van der Waals surface area contributed by atoms with Crippen molar-refractivity contribution in [3.05, 3.63) is 28.2 Å². The van der Waals surface area contributed by atoms with Crippen molar-refractivity contribution in [2.24, 2.45) is 0 Å². The summed E-state index contributed by atoms with van der Waals surface area (Å²) in [4.78, 5) is 38.3. The third-order valence-corrected chi connectivity index (χ3v) is 4.47. The third-order valence-electron chi connectivity index (χ3n) is 3.98. The monoisotopic (exact) mass is 381 g/mol. The predicted octanol–water partition coefficient (Wildman–Crippen LogP) is 0.747. The van der Waals surface area contributed by atoms with Gasteiger partial charge in [0.15, 0.2) is 0 Å². The highest BCUT2D eigenvalue weighted by atomic mass is 79.9. The minimum Gasteiger partial charge on any atom is -0.375 e. The van der Waals surface area contributed by atoms with E-state index in [-0.39, 0.29) is 30.4 Å². The summed E-state index contributed by atoms with van der Waals surface area (Å²) < 4.78 is 5.54. The number of nitrogens with zero attached hydrogens (tertiary/aromatic N) is 1. The molecule has 2 atom stereocenters. The van der Waals surface area contributed by atoms with Crippen LogP contribution in [-0.2, 0) is 14.3 Å². The van der Waals surface area contributed by atoms with E-state index in [1.807, 2.05) is 0 Å². The zero-order chi connectivity index (χ0) is 16.6. The summed E-state index contributed by atoms with van der Waals surface area (Å²) in [5, 5.41) is 5.58. The number of anilines is 1. The Labute approximate surface area is 141 Å². The van der Waals surface area contributed by atoms with Crippen molar-refractivity contribution in [1.82, 2.24) is 10.2 Å². The fourth-order valence-corrected chi connectivity index (χ4v) is 3.35. The fourth-order valence-electron chi connectivity index (χ4n) is 2.99. The Hall–Kier alpha value is -1.93. The lowest BCUT2D eigenvalue weighted by Gasteiger charge is -2.20. The van der Waals surface area contributed by atoms with E-state index < -0.39 is 6.04 Å². The summed E-state index contributed by atoms with van der Waals surface area (Å²) in [6.07, 6.45) is 0.391.